The van der Waals surface area contributed by atoms with E-state index < -0.39 is 0 Å². The summed E-state index contributed by atoms with van der Waals surface area (Å²) in [6.07, 6.45) is 5.38. The molecule has 0 saturated heterocycles. The summed E-state index contributed by atoms with van der Waals surface area (Å²) in [5, 5.41) is 3.33. The van der Waals surface area contributed by atoms with Crippen LogP contribution in [0, 0.1) is 0 Å². The normalized spacial score (nSPS) is 13.7. The molecule has 0 bridgehead atoms. The Morgan fingerprint density at radius 3 is 2.94 bits per heavy atom. The van der Waals surface area contributed by atoms with E-state index in [-0.39, 0.29) is 0 Å². The van der Waals surface area contributed by atoms with Crippen molar-refractivity contribution in [2.45, 2.75) is 6.42 Å². The van der Waals surface area contributed by atoms with Crippen LogP contribution in [0.3, 0.4) is 0 Å². The number of hydrogen-bond donors (Lipinski definition) is 0. The van der Waals surface area contributed by atoms with Gasteiger partial charge in [-0.1, -0.05) is 35.9 Å². The van der Waals surface area contributed by atoms with Gasteiger partial charge in [0.15, 0.2) is 0 Å². The van der Waals surface area contributed by atoms with Gasteiger partial charge in [0.05, 0.1) is 11.0 Å². The third-order valence-electron chi connectivity index (χ3n) is 3.46. The molecule has 0 fully saturated rings. The topological polar surface area (TPSA) is 4.93 Å². The largest absolute Gasteiger partial charge is 0.316 e. The quantitative estimate of drug-likeness (QED) is 0.545. The molecule has 0 saturated carbocycles. The van der Waals surface area contributed by atoms with Gasteiger partial charge in [-0.15, -0.1) is 0 Å². The summed E-state index contributed by atoms with van der Waals surface area (Å²) in [6, 6.07) is 12.6. The van der Waals surface area contributed by atoms with Crippen LogP contribution < -0.4 is 0 Å². The smallest absolute Gasteiger partial charge is 0.0569 e. The van der Waals surface area contributed by atoms with Crippen molar-refractivity contribution in [3.63, 3.8) is 0 Å². The number of rotatable bonds is 0. The van der Waals surface area contributed by atoms with E-state index in [1.807, 2.05) is 6.07 Å². The van der Waals surface area contributed by atoms with E-state index in [0.29, 0.717) is 0 Å². The summed E-state index contributed by atoms with van der Waals surface area (Å²) >= 11 is 6.10. The number of para-hydroxylation sites is 1. The Labute approximate surface area is 104 Å². The standard InChI is InChI=1S/C15H10ClN/c16-11-6-7-14-13(9-11)12-5-1-3-10-4-2-8-17(14)15(10)12/h1-3,5-9H,4H2. The second-order valence-corrected chi connectivity index (χ2v) is 4.87. The van der Waals surface area contributed by atoms with Gasteiger partial charge in [-0.3, -0.25) is 0 Å². The number of hydrogen-bond acceptors (Lipinski definition) is 0. The fourth-order valence-electron chi connectivity index (χ4n) is 2.75. The molecule has 1 aliphatic heterocycles. The minimum absolute atomic E-state index is 0.796. The number of nitrogens with zero attached hydrogens (tertiary/aromatic N) is 1. The molecule has 0 aliphatic carbocycles. The molecule has 0 atom stereocenters. The molecule has 4 rings (SSSR count). The van der Waals surface area contributed by atoms with Gasteiger partial charge < -0.3 is 4.57 Å². The van der Waals surface area contributed by atoms with E-state index in [1.165, 1.54) is 27.4 Å². The fourth-order valence-corrected chi connectivity index (χ4v) is 2.92. The van der Waals surface area contributed by atoms with Gasteiger partial charge in [0, 0.05) is 22.0 Å². The second-order valence-electron chi connectivity index (χ2n) is 4.43. The van der Waals surface area contributed by atoms with Crippen molar-refractivity contribution in [1.29, 1.82) is 0 Å². The van der Waals surface area contributed by atoms with Crippen LogP contribution in [0.1, 0.15) is 5.56 Å². The molecule has 2 heteroatoms. The Morgan fingerprint density at radius 1 is 1.06 bits per heavy atom. The first-order valence-corrected chi connectivity index (χ1v) is 6.10. The molecule has 1 aromatic heterocycles. The molecule has 2 heterocycles. The maximum atomic E-state index is 6.10. The summed E-state index contributed by atoms with van der Waals surface area (Å²) in [5.74, 6) is 0. The fraction of sp³-hybridized carbons (Fsp3) is 0.0667. The van der Waals surface area contributed by atoms with Gasteiger partial charge in [-0.05, 0) is 30.2 Å². The molecule has 1 aliphatic rings. The van der Waals surface area contributed by atoms with Crippen LogP contribution in [0.25, 0.3) is 28.0 Å². The van der Waals surface area contributed by atoms with E-state index >= 15 is 0 Å². The van der Waals surface area contributed by atoms with Crippen molar-refractivity contribution in [3.05, 3.63) is 53.1 Å². The third kappa shape index (κ3) is 1.15. The first kappa shape index (κ1) is 9.32. The summed E-state index contributed by atoms with van der Waals surface area (Å²) in [7, 11) is 0. The minimum Gasteiger partial charge on any atom is -0.316 e. The van der Waals surface area contributed by atoms with Crippen molar-refractivity contribution in [3.8, 4) is 0 Å². The van der Waals surface area contributed by atoms with Gasteiger partial charge in [0.25, 0.3) is 0 Å². The van der Waals surface area contributed by atoms with Gasteiger partial charge >= 0.3 is 0 Å². The summed E-state index contributed by atoms with van der Waals surface area (Å²) in [5.41, 5.74) is 3.94. The Kier molecular flexibility index (Phi) is 1.72. The monoisotopic (exact) mass is 239 g/mol. The Balaban J connectivity index is 2.36. The molecule has 0 amide bonds. The molecular formula is C15H10ClN. The van der Waals surface area contributed by atoms with E-state index in [9.17, 15) is 0 Å². The van der Waals surface area contributed by atoms with Crippen LogP contribution in [0.4, 0.5) is 0 Å². The zero-order chi connectivity index (χ0) is 11.4. The van der Waals surface area contributed by atoms with Crippen LogP contribution in [-0.4, -0.2) is 4.57 Å². The molecule has 2 aromatic carbocycles. The van der Waals surface area contributed by atoms with Crippen LogP contribution in [-0.2, 0) is 6.42 Å². The number of allylic oxidation sites excluding steroid dienone is 1. The highest BCUT2D eigenvalue weighted by atomic mass is 35.5. The Morgan fingerprint density at radius 2 is 2.00 bits per heavy atom. The first-order valence-electron chi connectivity index (χ1n) is 5.72. The molecule has 1 nitrogen and oxygen atoms in total. The van der Waals surface area contributed by atoms with E-state index in [0.717, 1.165) is 11.4 Å². The lowest BCUT2D eigenvalue weighted by molar-refractivity contribution is 1.17. The lowest BCUT2D eigenvalue weighted by atomic mass is 10.1. The average Bonchev–Trinajstić information content (AvgIpc) is 2.67. The summed E-state index contributed by atoms with van der Waals surface area (Å²) < 4.78 is 2.26. The molecule has 82 valence electrons. The molecule has 3 aromatic rings. The molecule has 0 N–H and O–H groups in total. The first-order chi connectivity index (χ1) is 8.34. The van der Waals surface area contributed by atoms with Crippen LogP contribution in [0.15, 0.2) is 42.5 Å². The average molecular weight is 240 g/mol. The SMILES string of the molecule is Clc1ccc2c(c1)c1cccc3c1n2C=CC3. The number of benzene rings is 2. The highest BCUT2D eigenvalue weighted by molar-refractivity contribution is 6.32. The second kappa shape index (κ2) is 3.14. The van der Waals surface area contributed by atoms with Crippen LogP contribution >= 0.6 is 11.6 Å². The lowest BCUT2D eigenvalue weighted by Gasteiger charge is -2.09. The molecule has 0 spiro atoms. The zero-order valence-electron chi connectivity index (χ0n) is 9.15. The van der Waals surface area contributed by atoms with Gasteiger partial charge in [0.2, 0.25) is 0 Å². The summed E-state index contributed by atoms with van der Waals surface area (Å²) in [6.45, 7) is 0. The van der Waals surface area contributed by atoms with Crippen molar-refractivity contribution >= 4 is 39.6 Å². The third-order valence-corrected chi connectivity index (χ3v) is 3.70. The van der Waals surface area contributed by atoms with E-state index in [1.54, 1.807) is 0 Å². The molecule has 0 unspecified atom stereocenters. The lowest BCUT2D eigenvalue weighted by Crippen LogP contribution is -1.96. The summed E-state index contributed by atoms with van der Waals surface area (Å²) in [4.78, 5) is 0. The maximum absolute atomic E-state index is 6.10. The highest BCUT2D eigenvalue weighted by Gasteiger charge is 2.14. The number of halogens is 1. The predicted octanol–water partition coefficient (Wildman–Crippen LogP) is 4.47. The molecular weight excluding hydrogens is 230 g/mol. The van der Waals surface area contributed by atoms with Crippen molar-refractivity contribution in [1.82, 2.24) is 4.57 Å². The number of fused-ring (bicyclic) bond motifs is 3. The number of aromatic nitrogens is 1. The van der Waals surface area contributed by atoms with Gasteiger partial charge in [-0.25, -0.2) is 0 Å². The Hall–Kier alpha value is -1.73. The van der Waals surface area contributed by atoms with Gasteiger partial charge in [0.1, 0.15) is 0 Å². The highest BCUT2D eigenvalue weighted by Crippen LogP contribution is 2.34. The van der Waals surface area contributed by atoms with Crippen molar-refractivity contribution in [2.24, 2.45) is 0 Å². The van der Waals surface area contributed by atoms with Gasteiger partial charge in [-0.2, -0.15) is 0 Å². The maximum Gasteiger partial charge on any atom is 0.0569 e. The zero-order valence-corrected chi connectivity index (χ0v) is 9.91. The van der Waals surface area contributed by atoms with Crippen molar-refractivity contribution < 1.29 is 0 Å². The van der Waals surface area contributed by atoms with Crippen molar-refractivity contribution in [2.75, 3.05) is 0 Å². The predicted molar refractivity (Wildman–Crippen MR) is 73.5 cm³/mol. The van der Waals surface area contributed by atoms with Crippen LogP contribution in [0.2, 0.25) is 5.02 Å². The molecule has 17 heavy (non-hydrogen) atoms. The van der Waals surface area contributed by atoms with Crippen LogP contribution in [0.5, 0.6) is 0 Å². The van der Waals surface area contributed by atoms with E-state index in [4.69, 9.17) is 11.6 Å². The van der Waals surface area contributed by atoms with E-state index in [2.05, 4.69) is 47.2 Å². The minimum atomic E-state index is 0.796. The Bertz CT molecular complexity index is 780. The molecule has 0 radical (unpaired) electrons.